The number of anilines is 2. The van der Waals surface area contributed by atoms with E-state index in [2.05, 4.69) is 34.8 Å². The van der Waals surface area contributed by atoms with Crippen molar-refractivity contribution in [1.29, 1.82) is 0 Å². The number of ether oxygens (including phenoxy) is 1. The van der Waals surface area contributed by atoms with Gasteiger partial charge in [0.05, 0.1) is 5.69 Å². The first-order valence-corrected chi connectivity index (χ1v) is 9.53. The van der Waals surface area contributed by atoms with Gasteiger partial charge >= 0.3 is 0 Å². The lowest BCUT2D eigenvalue weighted by atomic mass is 10.1. The largest absolute Gasteiger partial charge is 0.381 e. The zero-order chi connectivity index (χ0) is 18.8. The monoisotopic (exact) mass is 366 g/mol. The van der Waals surface area contributed by atoms with Crippen LogP contribution in [0.4, 0.5) is 11.6 Å². The van der Waals surface area contributed by atoms with Gasteiger partial charge in [-0.25, -0.2) is 15.0 Å². The number of aromatic nitrogens is 4. The molecule has 0 spiro atoms. The summed E-state index contributed by atoms with van der Waals surface area (Å²) in [6.07, 6.45) is 8.78. The first kappa shape index (κ1) is 17.7. The van der Waals surface area contributed by atoms with Gasteiger partial charge in [0.2, 0.25) is 0 Å². The summed E-state index contributed by atoms with van der Waals surface area (Å²) in [4.78, 5) is 14.5. The van der Waals surface area contributed by atoms with E-state index in [-0.39, 0.29) is 0 Å². The lowest BCUT2D eigenvalue weighted by Gasteiger charge is -2.24. The van der Waals surface area contributed by atoms with E-state index in [1.165, 1.54) is 0 Å². The fraction of sp³-hybridized carbons (Fsp3) is 0.450. The van der Waals surface area contributed by atoms with E-state index in [4.69, 9.17) is 14.7 Å². The SMILES string of the molecule is CCc1nc2c(NC)ncc(-c3ccn(C)c3)c2nc1NC1CCOCC1. The van der Waals surface area contributed by atoms with Gasteiger partial charge in [-0.2, -0.15) is 0 Å². The van der Waals surface area contributed by atoms with Gasteiger partial charge in [0.1, 0.15) is 16.9 Å². The third-order valence-electron chi connectivity index (χ3n) is 5.05. The molecule has 1 saturated heterocycles. The van der Waals surface area contributed by atoms with Crippen LogP contribution in [0.25, 0.3) is 22.2 Å². The molecule has 7 heteroatoms. The highest BCUT2D eigenvalue weighted by atomic mass is 16.5. The minimum absolute atomic E-state index is 0.376. The van der Waals surface area contributed by atoms with Crippen LogP contribution in [0.2, 0.25) is 0 Å². The molecule has 1 aliphatic rings. The quantitative estimate of drug-likeness (QED) is 0.722. The highest BCUT2D eigenvalue weighted by molar-refractivity contribution is 5.97. The summed E-state index contributed by atoms with van der Waals surface area (Å²) < 4.78 is 7.51. The van der Waals surface area contributed by atoms with Gasteiger partial charge in [-0.05, 0) is 25.3 Å². The van der Waals surface area contributed by atoms with Gasteiger partial charge in [0, 0.05) is 63.1 Å². The number of hydrogen-bond donors (Lipinski definition) is 2. The Hall–Kier alpha value is -2.67. The van der Waals surface area contributed by atoms with Crippen molar-refractivity contribution in [2.75, 3.05) is 30.9 Å². The molecule has 3 aromatic rings. The van der Waals surface area contributed by atoms with Crippen LogP contribution in [-0.2, 0) is 18.2 Å². The van der Waals surface area contributed by atoms with Crippen molar-refractivity contribution >= 4 is 22.7 Å². The molecule has 4 heterocycles. The Morgan fingerprint density at radius 3 is 2.67 bits per heavy atom. The third kappa shape index (κ3) is 3.47. The number of nitrogens with one attached hydrogen (secondary N) is 2. The minimum Gasteiger partial charge on any atom is -0.381 e. The molecule has 4 rings (SSSR count). The second kappa shape index (κ2) is 7.52. The maximum Gasteiger partial charge on any atom is 0.153 e. The summed E-state index contributed by atoms with van der Waals surface area (Å²) >= 11 is 0. The van der Waals surface area contributed by atoms with Gasteiger partial charge in [-0.3, -0.25) is 0 Å². The molecule has 0 aromatic carbocycles. The first-order valence-electron chi connectivity index (χ1n) is 9.53. The molecular weight excluding hydrogens is 340 g/mol. The average molecular weight is 366 g/mol. The van der Waals surface area contributed by atoms with Crippen LogP contribution < -0.4 is 10.6 Å². The Morgan fingerprint density at radius 2 is 2.00 bits per heavy atom. The molecule has 0 saturated carbocycles. The van der Waals surface area contributed by atoms with Crippen LogP contribution in [-0.4, -0.2) is 45.8 Å². The lowest BCUT2D eigenvalue weighted by Crippen LogP contribution is -2.29. The normalized spacial score (nSPS) is 15.2. The Balaban J connectivity index is 1.85. The number of fused-ring (bicyclic) bond motifs is 1. The van der Waals surface area contributed by atoms with Crippen LogP contribution in [0.3, 0.4) is 0 Å². The first-order chi connectivity index (χ1) is 13.2. The van der Waals surface area contributed by atoms with E-state index in [0.717, 1.165) is 72.0 Å². The van der Waals surface area contributed by atoms with Crippen LogP contribution in [0, 0.1) is 0 Å². The molecule has 2 N–H and O–H groups in total. The number of nitrogens with zero attached hydrogens (tertiary/aromatic N) is 4. The predicted octanol–water partition coefficient (Wildman–Crippen LogP) is 3.23. The fourth-order valence-electron chi connectivity index (χ4n) is 3.53. The summed E-state index contributed by atoms with van der Waals surface area (Å²) in [6.45, 7) is 3.70. The van der Waals surface area contributed by atoms with E-state index in [1.807, 2.05) is 31.1 Å². The number of rotatable bonds is 5. The summed E-state index contributed by atoms with van der Waals surface area (Å²) in [5.74, 6) is 1.63. The van der Waals surface area contributed by atoms with E-state index >= 15 is 0 Å². The molecule has 1 aliphatic heterocycles. The van der Waals surface area contributed by atoms with E-state index in [1.54, 1.807) is 0 Å². The van der Waals surface area contributed by atoms with Gasteiger partial charge in [0.25, 0.3) is 0 Å². The Morgan fingerprint density at radius 1 is 1.19 bits per heavy atom. The molecule has 0 unspecified atom stereocenters. The van der Waals surface area contributed by atoms with Crippen LogP contribution >= 0.6 is 0 Å². The molecule has 0 amide bonds. The number of hydrogen-bond acceptors (Lipinski definition) is 6. The van der Waals surface area contributed by atoms with E-state index in [0.29, 0.717) is 6.04 Å². The Kier molecular flexibility index (Phi) is 4.94. The van der Waals surface area contributed by atoms with Crippen molar-refractivity contribution < 1.29 is 4.74 Å². The molecule has 27 heavy (non-hydrogen) atoms. The zero-order valence-electron chi connectivity index (χ0n) is 16.1. The lowest BCUT2D eigenvalue weighted by molar-refractivity contribution is 0.0903. The van der Waals surface area contributed by atoms with Crippen molar-refractivity contribution in [3.05, 3.63) is 30.4 Å². The molecule has 3 aromatic heterocycles. The second-order valence-electron chi connectivity index (χ2n) is 6.94. The average Bonchev–Trinajstić information content (AvgIpc) is 3.13. The molecule has 0 aliphatic carbocycles. The van der Waals surface area contributed by atoms with Crippen LogP contribution in [0.15, 0.2) is 24.7 Å². The maximum atomic E-state index is 5.48. The standard InChI is InChI=1S/C20H26N6O/c1-4-16-19(23-14-6-9-27-10-7-14)25-17-15(13-5-8-26(3)12-13)11-22-20(21-2)18(17)24-16/h5,8,11-12,14H,4,6-7,9-10H2,1-3H3,(H,21,22)(H,23,25). The summed E-state index contributed by atoms with van der Waals surface area (Å²) in [5, 5.41) is 6.76. The number of pyridine rings is 1. The number of aryl methyl sites for hydroxylation is 2. The zero-order valence-corrected chi connectivity index (χ0v) is 16.1. The summed E-state index contributed by atoms with van der Waals surface area (Å²) in [6, 6.07) is 2.46. The van der Waals surface area contributed by atoms with Crippen molar-refractivity contribution in [2.45, 2.75) is 32.2 Å². The predicted molar refractivity (Wildman–Crippen MR) is 108 cm³/mol. The molecule has 142 valence electrons. The highest BCUT2D eigenvalue weighted by Gasteiger charge is 2.19. The van der Waals surface area contributed by atoms with Gasteiger partial charge in [0.15, 0.2) is 5.82 Å². The molecule has 1 fully saturated rings. The summed E-state index contributed by atoms with van der Waals surface area (Å²) in [5.41, 5.74) is 4.74. The van der Waals surface area contributed by atoms with Crippen LogP contribution in [0.5, 0.6) is 0 Å². The fourth-order valence-corrected chi connectivity index (χ4v) is 3.53. The highest BCUT2D eigenvalue weighted by Crippen LogP contribution is 2.31. The minimum atomic E-state index is 0.376. The van der Waals surface area contributed by atoms with Crippen LogP contribution in [0.1, 0.15) is 25.5 Å². The van der Waals surface area contributed by atoms with Gasteiger partial charge in [-0.1, -0.05) is 6.92 Å². The molecule has 0 radical (unpaired) electrons. The van der Waals surface area contributed by atoms with Crippen molar-refractivity contribution in [3.63, 3.8) is 0 Å². The Bertz CT molecular complexity index is 945. The topological polar surface area (TPSA) is 76.9 Å². The van der Waals surface area contributed by atoms with E-state index in [9.17, 15) is 0 Å². The van der Waals surface area contributed by atoms with Crippen molar-refractivity contribution in [3.8, 4) is 11.1 Å². The van der Waals surface area contributed by atoms with E-state index < -0.39 is 0 Å². The van der Waals surface area contributed by atoms with Gasteiger partial charge < -0.3 is 19.9 Å². The molecule has 7 nitrogen and oxygen atoms in total. The summed E-state index contributed by atoms with van der Waals surface area (Å²) in [7, 11) is 3.88. The molecule has 0 bridgehead atoms. The molecule has 0 atom stereocenters. The third-order valence-corrected chi connectivity index (χ3v) is 5.05. The van der Waals surface area contributed by atoms with Crippen molar-refractivity contribution in [2.24, 2.45) is 7.05 Å². The van der Waals surface area contributed by atoms with Gasteiger partial charge in [-0.15, -0.1) is 0 Å². The smallest absolute Gasteiger partial charge is 0.153 e. The molecular formula is C20H26N6O. The Labute approximate surface area is 159 Å². The second-order valence-corrected chi connectivity index (χ2v) is 6.94. The van der Waals surface area contributed by atoms with Crippen molar-refractivity contribution in [1.82, 2.24) is 19.5 Å². The maximum absolute atomic E-state index is 5.48.